The van der Waals surface area contributed by atoms with Crippen LogP contribution in [0.1, 0.15) is 47.3 Å². The monoisotopic (exact) mass is 350 g/mol. The van der Waals surface area contributed by atoms with Crippen LogP contribution in [0.25, 0.3) is 0 Å². The highest BCUT2D eigenvalue weighted by molar-refractivity contribution is 6.03. The topological polar surface area (TPSA) is 49.4 Å². The van der Waals surface area contributed by atoms with Crippen molar-refractivity contribution in [2.24, 2.45) is 5.92 Å². The van der Waals surface area contributed by atoms with Crippen molar-refractivity contribution in [3.8, 4) is 0 Å². The molecule has 0 aliphatic carbocycles. The first-order valence-electron chi connectivity index (χ1n) is 9.13. The van der Waals surface area contributed by atoms with Crippen LogP contribution in [0.3, 0.4) is 0 Å². The molecule has 0 aromatic heterocycles. The quantitative estimate of drug-likeness (QED) is 0.873. The van der Waals surface area contributed by atoms with Crippen molar-refractivity contribution < 1.29 is 9.59 Å². The summed E-state index contributed by atoms with van der Waals surface area (Å²) in [5.74, 6) is 0.133. The van der Waals surface area contributed by atoms with Crippen molar-refractivity contribution in [2.75, 3.05) is 5.32 Å². The van der Waals surface area contributed by atoms with Crippen LogP contribution in [0.5, 0.6) is 0 Å². The molecule has 1 N–H and O–H groups in total. The lowest BCUT2D eigenvalue weighted by molar-refractivity contribution is -0.121. The lowest BCUT2D eigenvalue weighted by Crippen LogP contribution is -2.45. The first-order chi connectivity index (χ1) is 12.3. The molecule has 1 aliphatic heterocycles. The minimum absolute atomic E-state index is 0.0539. The summed E-state index contributed by atoms with van der Waals surface area (Å²) in [5.41, 5.74) is 4.69. The van der Waals surface area contributed by atoms with E-state index < -0.39 is 6.04 Å². The first-order valence-corrected chi connectivity index (χ1v) is 9.13. The van der Waals surface area contributed by atoms with E-state index in [0.29, 0.717) is 24.4 Å². The fourth-order valence-corrected chi connectivity index (χ4v) is 3.62. The summed E-state index contributed by atoms with van der Waals surface area (Å²) in [6, 6.07) is 13.1. The molecule has 1 aliphatic rings. The third-order valence-electron chi connectivity index (χ3n) is 4.71. The number of carbonyl (C=O) groups excluding carboxylic acids is 2. The third-order valence-corrected chi connectivity index (χ3v) is 4.71. The number of anilines is 1. The molecular formula is C22H26N2O2. The van der Waals surface area contributed by atoms with E-state index in [9.17, 15) is 9.59 Å². The Bertz CT molecular complexity index is 822. The van der Waals surface area contributed by atoms with Crippen LogP contribution in [-0.2, 0) is 11.3 Å². The van der Waals surface area contributed by atoms with Crippen molar-refractivity contribution >= 4 is 17.5 Å². The third kappa shape index (κ3) is 3.79. The molecule has 136 valence electrons. The standard InChI is InChI=1S/C22H26N2O2/c1-14(2)9-20(21(25)23-18-11-15(3)10-16(4)12-18)24-13-17-7-5-6-8-19(17)22(24)26/h5-8,10-12,14,20H,9,13H2,1-4H3,(H,23,25). The number of amides is 2. The maximum atomic E-state index is 13.0. The highest BCUT2D eigenvalue weighted by Crippen LogP contribution is 2.27. The fourth-order valence-electron chi connectivity index (χ4n) is 3.62. The van der Waals surface area contributed by atoms with E-state index in [1.54, 1.807) is 4.90 Å². The Kier molecular flexibility index (Phi) is 5.12. The molecule has 0 saturated carbocycles. The molecule has 0 bridgehead atoms. The van der Waals surface area contributed by atoms with Gasteiger partial charge < -0.3 is 10.2 Å². The normalized spacial score (nSPS) is 14.5. The van der Waals surface area contributed by atoms with Crippen LogP contribution >= 0.6 is 0 Å². The van der Waals surface area contributed by atoms with Gasteiger partial charge in [-0.05, 0) is 61.1 Å². The Morgan fingerprint density at radius 2 is 1.77 bits per heavy atom. The van der Waals surface area contributed by atoms with Gasteiger partial charge in [0.1, 0.15) is 6.04 Å². The second-order valence-electron chi connectivity index (χ2n) is 7.60. The maximum Gasteiger partial charge on any atom is 0.255 e. The van der Waals surface area contributed by atoms with E-state index in [-0.39, 0.29) is 11.8 Å². The summed E-state index contributed by atoms with van der Waals surface area (Å²) in [5, 5.41) is 3.02. The number of carbonyl (C=O) groups is 2. The number of hydrogen-bond acceptors (Lipinski definition) is 2. The molecule has 2 aromatic carbocycles. The Morgan fingerprint density at radius 3 is 2.38 bits per heavy atom. The van der Waals surface area contributed by atoms with Gasteiger partial charge in [-0.2, -0.15) is 0 Å². The number of fused-ring (bicyclic) bond motifs is 1. The number of nitrogens with one attached hydrogen (secondary N) is 1. The predicted octanol–water partition coefficient (Wildman–Crippen LogP) is 4.31. The molecule has 0 fully saturated rings. The van der Waals surface area contributed by atoms with E-state index in [2.05, 4.69) is 25.2 Å². The number of hydrogen-bond donors (Lipinski definition) is 1. The molecule has 0 saturated heterocycles. The summed E-state index contributed by atoms with van der Waals surface area (Å²) in [6.45, 7) is 8.66. The average molecular weight is 350 g/mol. The second kappa shape index (κ2) is 7.32. The highest BCUT2D eigenvalue weighted by Gasteiger charge is 2.36. The minimum Gasteiger partial charge on any atom is -0.324 e. The smallest absolute Gasteiger partial charge is 0.255 e. The van der Waals surface area contributed by atoms with Gasteiger partial charge in [0.05, 0.1) is 0 Å². The zero-order valence-corrected chi connectivity index (χ0v) is 15.9. The number of benzene rings is 2. The van der Waals surface area contributed by atoms with E-state index in [0.717, 1.165) is 22.4 Å². The van der Waals surface area contributed by atoms with E-state index >= 15 is 0 Å². The summed E-state index contributed by atoms with van der Waals surface area (Å²) in [7, 11) is 0. The van der Waals surface area contributed by atoms with Gasteiger partial charge in [-0.15, -0.1) is 0 Å². The van der Waals surface area contributed by atoms with E-state index in [1.807, 2.05) is 50.2 Å². The Hall–Kier alpha value is -2.62. The van der Waals surface area contributed by atoms with Crippen molar-refractivity contribution in [3.63, 3.8) is 0 Å². The minimum atomic E-state index is -0.476. The molecule has 1 atom stereocenters. The zero-order chi connectivity index (χ0) is 18.8. The largest absolute Gasteiger partial charge is 0.324 e. The van der Waals surface area contributed by atoms with Crippen molar-refractivity contribution in [3.05, 3.63) is 64.7 Å². The molecule has 2 aromatic rings. The molecule has 1 heterocycles. The van der Waals surface area contributed by atoms with E-state index in [1.165, 1.54) is 0 Å². The Labute approximate surface area is 155 Å². The molecule has 1 unspecified atom stereocenters. The van der Waals surface area contributed by atoms with Crippen molar-refractivity contribution in [1.82, 2.24) is 4.90 Å². The second-order valence-corrected chi connectivity index (χ2v) is 7.60. The van der Waals surface area contributed by atoms with Crippen LogP contribution in [0.15, 0.2) is 42.5 Å². The molecular weight excluding hydrogens is 324 g/mol. The van der Waals surface area contributed by atoms with Crippen LogP contribution < -0.4 is 5.32 Å². The van der Waals surface area contributed by atoms with Gasteiger partial charge in [0.15, 0.2) is 0 Å². The van der Waals surface area contributed by atoms with Gasteiger partial charge in [0, 0.05) is 17.8 Å². The highest BCUT2D eigenvalue weighted by atomic mass is 16.2. The fraction of sp³-hybridized carbons (Fsp3) is 0.364. The van der Waals surface area contributed by atoms with Crippen LogP contribution in [0.2, 0.25) is 0 Å². The van der Waals surface area contributed by atoms with Gasteiger partial charge in [-0.25, -0.2) is 0 Å². The van der Waals surface area contributed by atoms with Crippen molar-refractivity contribution in [2.45, 2.75) is 46.7 Å². The van der Waals surface area contributed by atoms with Crippen LogP contribution in [0.4, 0.5) is 5.69 Å². The van der Waals surface area contributed by atoms with Crippen LogP contribution in [0, 0.1) is 19.8 Å². The molecule has 26 heavy (non-hydrogen) atoms. The van der Waals surface area contributed by atoms with Gasteiger partial charge in [-0.1, -0.05) is 38.1 Å². The zero-order valence-electron chi connectivity index (χ0n) is 15.9. The predicted molar refractivity (Wildman–Crippen MR) is 104 cm³/mol. The first kappa shape index (κ1) is 18.2. The van der Waals surface area contributed by atoms with Gasteiger partial charge in [-0.3, -0.25) is 9.59 Å². The van der Waals surface area contributed by atoms with Gasteiger partial charge in [0.2, 0.25) is 5.91 Å². The SMILES string of the molecule is Cc1cc(C)cc(NC(=O)C(CC(C)C)N2Cc3ccccc3C2=O)c1. The van der Waals surface area contributed by atoms with E-state index in [4.69, 9.17) is 0 Å². The number of nitrogens with zero attached hydrogens (tertiary/aromatic N) is 1. The molecule has 2 amide bonds. The summed E-state index contributed by atoms with van der Waals surface area (Å²) in [6.07, 6.45) is 0.635. The molecule has 4 heteroatoms. The summed E-state index contributed by atoms with van der Waals surface area (Å²) < 4.78 is 0. The lowest BCUT2D eigenvalue weighted by atomic mass is 10.0. The van der Waals surface area contributed by atoms with Crippen LogP contribution in [-0.4, -0.2) is 22.8 Å². The molecule has 0 spiro atoms. The van der Waals surface area contributed by atoms with Crippen molar-refractivity contribution in [1.29, 1.82) is 0 Å². The number of rotatable bonds is 5. The lowest BCUT2D eigenvalue weighted by Gasteiger charge is -2.28. The summed E-state index contributed by atoms with van der Waals surface area (Å²) >= 11 is 0. The summed E-state index contributed by atoms with van der Waals surface area (Å²) in [4.78, 5) is 27.6. The van der Waals surface area contributed by atoms with Gasteiger partial charge >= 0.3 is 0 Å². The Morgan fingerprint density at radius 1 is 1.12 bits per heavy atom. The molecule has 0 radical (unpaired) electrons. The maximum absolute atomic E-state index is 13.0. The number of aryl methyl sites for hydroxylation is 2. The molecule has 4 nitrogen and oxygen atoms in total. The Balaban J connectivity index is 1.84. The van der Waals surface area contributed by atoms with Gasteiger partial charge in [0.25, 0.3) is 5.91 Å². The average Bonchev–Trinajstić information content (AvgIpc) is 2.88. The molecule has 3 rings (SSSR count).